The van der Waals surface area contributed by atoms with Gasteiger partial charge in [0.25, 0.3) is 0 Å². The summed E-state index contributed by atoms with van der Waals surface area (Å²) in [5, 5.41) is 20.7. The number of carboxylic acids is 2. The zero-order valence-electron chi connectivity index (χ0n) is 24.5. The number of carbonyl (C=O) groups is 2. The maximum Gasteiger partial charge on any atom is 0.303 e. The van der Waals surface area contributed by atoms with Crippen LogP contribution in [0.5, 0.6) is 0 Å². The van der Waals surface area contributed by atoms with Crippen LogP contribution >= 0.6 is 0 Å². The van der Waals surface area contributed by atoms with Crippen molar-refractivity contribution < 1.29 is 19.8 Å². The van der Waals surface area contributed by atoms with Gasteiger partial charge >= 0.3 is 11.9 Å². The standard InChI is InChI=1S/C34H36N4O4/c1-7-21-17(3)25-13-26-19(5)23(9-11-33(39)40)31(37-26)16-32-24(10-12-34(41)42)20(6)28(38-32)15-30-22(8-2)18(4)27(36-30)14-29(21)35-25/h7-8,13-17,20-21,36H,1-2,9-12H2,3-6H3,(H,39,40)(H,41,42)/b25-13-,27-14+,30-15-,31-16-. The Morgan fingerprint density at radius 1 is 0.929 bits per heavy atom. The van der Waals surface area contributed by atoms with E-state index in [4.69, 9.17) is 15.0 Å². The quantitative estimate of drug-likeness (QED) is 0.382. The minimum absolute atomic E-state index is 0.0163. The van der Waals surface area contributed by atoms with Gasteiger partial charge in [-0.25, -0.2) is 4.99 Å². The summed E-state index contributed by atoms with van der Waals surface area (Å²) in [7, 11) is 0. The van der Waals surface area contributed by atoms with Crippen LogP contribution in [0.1, 0.15) is 57.6 Å². The van der Waals surface area contributed by atoms with Gasteiger partial charge in [-0.1, -0.05) is 32.6 Å². The van der Waals surface area contributed by atoms with E-state index in [1.807, 2.05) is 44.2 Å². The summed E-state index contributed by atoms with van der Waals surface area (Å²) < 4.78 is 0. The Morgan fingerprint density at radius 2 is 1.62 bits per heavy atom. The van der Waals surface area contributed by atoms with Gasteiger partial charge in [0, 0.05) is 52.6 Å². The molecule has 8 bridgehead atoms. The highest BCUT2D eigenvalue weighted by molar-refractivity contribution is 6.17. The van der Waals surface area contributed by atoms with Crippen LogP contribution in [0.2, 0.25) is 0 Å². The van der Waals surface area contributed by atoms with Crippen molar-refractivity contribution in [2.24, 2.45) is 32.7 Å². The lowest BCUT2D eigenvalue weighted by atomic mass is 9.89. The summed E-state index contributed by atoms with van der Waals surface area (Å²) in [5.74, 6) is -1.79. The van der Waals surface area contributed by atoms with Crippen LogP contribution in [-0.4, -0.2) is 44.3 Å². The molecule has 0 fully saturated rings. The summed E-state index contributed by atoms with van der Waals surface area (Å²) in [6.07, 6.45) is 12.3. The second-order valence-corrected chi connectivity index (χ2v) is 11.2. The molecular weight excluding hydrogens is 528 g/mol. The third kappa shape index (κ3) is 5.24. The van der Waals surface area contributed by atoms with Crippen LogP contribution in [0.4, 0.5) is 0 Å². The zero-order chi connectivity index (χ0) is 30.3. The molecule has 1 aromatic rings. The van der Waals surface area contributed by atoms with Crippen molar-refractivity contribution in [1.29, 1.82) is 0 Å². The highest BCUT2D eigenvalue weighted by atomic mass is 16.4. The minimum Gasteiger partial charge on any atom is -0.481 e. The molecule has 0 radical (unpaired) electrons. The monoisotopic (exact) mass is 564 g/mol. The van der Waals surface area contributed by atoms with Crippen molar-refractivity contribution in [2.75, 3.05) is 0 Å². The highest BCUT2D eigenvalue weighted by Crippen LogP contribution is 2.38. The maximum absolute atomic E-state index is 11.5. The van der Waals surface area contributed by atoms with Crippen molar-refractivity contribution in [3.8, 4) is 0 Å². The van der Waals surface area contributed by atoms with Gasteiger partial charge in [0.05, 0.1) is 28.5 Å². The van der Waals surface area contributed by atoms with Crippen molar-refractivity contribution in [1.82, 2.24) is 4.98 Å². The lowest BCUT2D eigenvalue weighted by molar-refractivity contribution is -0.138. The number of aromatic nitrogens is 1. The second-order valence-electron chi connectivity index (χ2n) is 11.2. The largest absolute Gasteiger partial charge is 0.481 e. The molecule has 0 saturated heterocycles. The highest BCUT2D eigenvalue weighted by Gasteiger charge is 2.31. The van der Waals surface area contributed by atoms with Crippen LogP contribution in [0, 0.1) is 24.7 Å². The molecular formula is C34H36N4O4. The van der Waals surface area contributed by atoms with Crippen molar-refractivity contribution in [2.45, 2.75) is 53.4 Å². The lowest BCUT2D eigenvalue weighted by Crippen LogP contribution is -2.19. The first-order valence-corrected chi connectivity index (χ1v) is 14.3. The van der Waals surface area contributed by atoms with Gasteiger partial charge in [-0.05, 0) is 73.3 Å². The number of hydrogen-bond donors (Lipinski definition) is 3. The fourth-order valence-electron chi connectivity index (χ4n) is 6.13. The van der Waals surface area contributed by atoms with Crippen LogP contribution in [0.15, 0.2) is 80.2 Å². The first kappa shape index (κ1) is 28.9. The van der Waals surface area contributed by atoms with E-state index in [0.717, 1.165) is 61.4 Å². The number of carboxylic acid groups (broad SMARTS) is 2. The van der Waals surface area contributed by atoms with E-state index in [1.165, 1.54) is 0 Å². The summed E-state index contributed by atoms with van der Waals surface area (Å²) >= 11 is 0. The first-order valence-electron chi connectivity index (χ1n) is 14.3. The number of aliphatic carboxylic acids is 2. The third-order valence-electron chi connectivity index (χ3n) is 8.70. The number of allylic oxidation sites excluding steroid dienone is 7. The number of H-pyrrole nitrogens is 1. The number of aliphatic imine (C=N–C) groups is 3. The van der Waals surface area contributed by atoms with Crippen molar-refractivity contribution in [3.63, 3.8) is 0 Å². The maximum atomic E-state index is 11.5. The summed E-state index contributed by atoms with van der Waals surface area (Å²) in [6.45, 7) is 16.3. The Balaban J connectivity index is 1.80. The predicted octanol–water partition coefficient (Wildman–Crippen LogP) is 5.05. The van der Waals surface area contributed by atoms with Gasteiger partial charge in [0.15, 0.2) is 0 Å². The summed E-state index contributed by atoms with van der Waals surface area (Å²) in [6, 6.07) is 0. The van der Waals surface area contributed by atoms with Crippen LogP contribution in [0.3, 0.4) is 0 Å². The Morgan fingerprint density at radius 3 is 2.29 bits per heavy atom. The second kappa shape index (κ2) is 11.4. The van der Waals surface area contributed by atoms with Crippen LogP contribution in [0.25, 0.3) is 18.2 Å². The number of nitrogens with one attached hydrogen (secondary N) is 1. The Kier molecular flexibility index (Phi) is 7.82. The van der Waals surface area contributed by atoms with Crippen LogP contribution in [-0.2, 0) is 9.59 Å². The zero-order valence-corrected chi connectivity index (χ0v) is 24.5. The van der Waals surface area contributed by atoms with Crippen molar-refractivity contribution in [3.05, 3.63) is 87.0 Å². The average Bonchev–Trinajstić information content (AvgIpc) is 3.59. The molecule has 0 saturated carbocycles. The smallest absolute Gasteiger partial charge is 0.303 e. The van der Waals surface area contributed by atoms with E-state index in [-0.39, 0.29) is 30.6 Å². The Hall–Kier alpha value is -4.59. The van der Waals surface area contributed by atoms with E-state index in [9.17, 15) is 19.8 Å². The molecule has 3 N–H and O–H groups in total. The molecule has 3 unspecified atom stereocenters. The third-order valence-corrected chi connectivity index (χ3v) is 8.70. The molecule has 5 heterocycles. The number of aromatic amines is 1. The van der Waals surface area contributed by atoms with Gasteiger partial charge in [-0.3, -0.25) is 19.6 Å². The summed E-state index contributed by atoms with van der Waals surface area (Å²) in [5.41, 5.74) is 9.34. The molecule has 8 heteroatoms. The van der Waals surface area contributed by atoms with E-state index in [0.29, 0.717) is 24.2 Å². The van der Waals surface area contributed by atoms with E-state index in [2.05, 4.69) is 38.1 Å². The SMILES string of the molecule is C=Cc1c(C)/c2[nH]/c1=C\C1=NC(=C(CCC(=O)O)C1C)/C=C1N=C(/C=C3N=C(/C=2)C(C=C)C\3C)C(C)=C\1CCC(=O)O. The normalized spacial score (nSPS) is 27.0. The molecule has 8 nitrogen and oxygen atoms in total. The van der Waals surface area contributed by atoms with E-state index in [1.54, 1.807) is 0 Å². The topological polar surface area (TPSA) is 127 Å². The van der Waals surface area contributed by atoms with Gasteiger partial charge in [-0.2, -0.15) is 0 Å². The number of fused-ring (bicyclic) bond motifs is 5. The molecule has 3 atom stereocenters. The average molecular weight is 565 g/mol. The van der Waals surface area contributed by atoms with Gasteiger partial charge in [0.1, 0.15) is 0 Å². The molecule has 4 aliphatic rings. The molecule has 0 aliphatic carbocycles. The van der Waals surface area contributed by atoms with Gasteiger partial charge < -0.3 is 15.2 Å². The predicted molar refractivity (Wildman–Crippen MR) is 168 cm³/mol. The fraction of sp³-hybridized carbons (Fsp3) is 0.324. The van der Waals surface area contributed by atoms with Crippen molar-refractivity contribution >= 4 is 47.3 Å². The Bertz CT molecular complexity index is 1770. The van der Waals surface area contributed by atoms with E-state index < -0.39 is 11.9 Å². The van der Waals surface area contributed by atoms with Gasteiger partial charge in [-0.15, -0.1) is 6.58 Å². The molecule has 216 valence electrons. The van der Waals surface area contributed by atoms with Gasteiger partial charge in [0.2, 0.25) is 0 Å². The molecule has 0 aromatic carbocycles. The molecule has 5 rings (SSSR count). The number of rotatable bonds is 8. The molecule has 0 amide bonds. The minimum atomic E-state index is -0.882. The van der Waals surface area contributed by atoms with E-state index >= 15 is 0 Å². The molecule has 1 aromatic heterocycles. The molecule has 4 aliphatic heterocycles. The van der Waals surface area contributed by atoms with Crippen LogP contribution < -0.4 is 10.7 Å². The summed E-state index contributed by atoms with van der Waals surface area (Å²) in [4.78, 5) is 41.6. The molecule has 0 spiro atoms. The molecule has 42 heavy (non-hydrogen) atoms. The number of hydrogen-bond acceptors (Lipinski definition) is 5. The Labute approximate surface area is 245 Å². The number of nitrogens with zero attached hydrogens (tertiary/aromatic N) is 3. The lowest BCUT2D eigenvalue weighted by Gasteiger charge is -2.11. The first-order chi connectivity index (χ1) is 20.0. The fourth-order valence-corrected chi connectivity index (χ4v) is 6.13.